The molecule has 1 aromatic carbocycles. The van der Waals surface area contributed by atoms with Crippen molar-refractivity contribution in [2.24, 2.45) is 4.99 Å². The summed E-state index contributed by atoms with van der Waals surface area (Å²) in [7, 11) is 3.37. The molecule has 0 bridgehead atoms. The quantitative estimate of drug-likeness (QED) is 0.280. The molecule has 8 nitrogen and oxygen atoms in total. The predicted octanol–water partition coefficient (Wildman–Crippen LogP) is 3.24. The number of methoxy groups -OCH3 is 2. The van der Waals surface area contributed by atoms with Crippen molar-refractivity contribution >= 4 is 5.96 Å². The van der Waals surface area contributed by atoms with Crippen molar-refractivity contribution in [3.05, 3.63) is 40.7 Å². The highest BCUT2D eigenvalue weighted by Gasteiger charge is 2.11. The third-order valence-electron chi connectivity index (χ3n) is 5.24. The number of nitrogens with zero attached hydrogens (tertiary/aromatic N) is 3. The van der Waals surface area contributed by atoms with E-state index in [0.717, 1.165) is 61.3 Å². The van der Waals surface area contributed by atoms with Crippen LogP contribution in [0.25, 0.3) is 0 Å². The van der Waals surface area contributed by atoms with Crippen LogP contribution in [-0.4, -0.2) is 56.3 Å². The number of hydrogen-bond acceptors (Lipinski definition) is 5. The fourth-order valence-electron chi connectivity index (χ4n) is 3.50. The van der Waals surface area contributed by atoms with E-state index in [-0.39, 0.29) is 0 Å². The summed E-state index contributed by atoms with van der Waals surface area (Å²) in [5, 5.41) is 11.4. The van der Waals surface area contributed by atoms with Crippen LogP contribution < -0.4 is 20.1 Å². The smallest absolute Gasteiger partial charge is 0.191 e. The van der Waals surface area contributed by atoms with E-state index in [2.05, 4.69) is 41.7 Å². The van der Waals surface area contributed by atoms with Crippen LogP contribution in [-0.2, 0) is 24.2 Å². The van der Waals surface area contributed by atoms with E-state index in [1.807, 2.05) is 24.6 Å². The molecule has 0 aliphatic carbocycles. The second-order valence-electron chi connectivity index (χ2n) is 7.51. The number of guanidine groups is 1. The second kappa shape index (κ2) is 13.6. The lowest BCUT2D eigenvalue weighted by atomic mass is 10.1. The van der Waals surface area contributed by atoms with Crippen LogP contribution >= 0.6 is 0 Å². The van der Waals surface area contributed by atoms with Crippen LogP contribution in [0, 0.1) is 13.8 Å². The number of aromatic nitrogens is 2. The first-order valence-electron chi connectivity index (χ1n) is 11.4. The maximum Gasteiger partial charge on any atom is 0.191 e. The monoisotopic (exact) mass is 445 g/mol. The summed E-state index contributed by atoms with van der Waals surface area (Å²) >= 11 is 0. The van der Waals surface area contributed by atoms with E-state index < -0.39 is 0 Å². The highest BCUT2D eigenvalue weighted by molar-refractivity contribution is 5.79. The van der Waals surface area contributed by atoms with Crippen molar-refractivity contribution in [2.75, 3.05) is 40.5 Å². The van der Waals surface area contributed by atoms with Gasteiger partial charge >= 0.3 is 0 Å². The molecule has 1 heterocycles. The van der Waals surface area contributed by atoms with Gasteiger partial charge in [-0.3, -0.25) is 4.68 Å². The molecule has 0 radical (unpaired) electrons. The molecule has 0 spiro atoms. The number of aliphatic imine (C=N–C) groups is 1. The summed E-state index contributed by atoms with van der Waals surface area (Å²) in [6, 6.07) is 6.12. The Morgan fingerprint density at radius 1 is 1.12 bits per heavy atom. The topological polar surface area (TPSA) is 81.9 Å². The summed E-state index contributed by atoms with van der Waals surface area (Å²) in [5.41, 5.74) is 4.55. The molecule has 2 rings (SSSR count). The van der Waals surface area contributed by atoms with E-state index in [1.54, 1.807) is 14.2 Å². The summed E-state index contributed by atoms with van der Waals surface area (Å²) in [6.45, 7) is 12.4. The van der Waals surface area contributed by atoms with Crippen LogP contribution in [0.5, 0.6) is 11.5 Å². The van der Waals surface area contributed by atoms with E-state index in [4.69, 9.17) is 19.2 Å². The molecule has 0 aliphatic rings. The Kier molecular flexibility index (Phi) is 10.9. The molecule has 0 amide bonds. The molecule has 1 aromatic heterocycles. The number of rotatable bonds is 13. The van der Waals surface area contributed by atoms with Crippen molar-refractivity contribution in [2.45, 2.75) is 53.6 Å². The van der Waals surface area contributed by atoms with Gasteiger partial charge in [-0.2, -0.15) is 5.10 Å². The minimum Gasteiger partial charge on any atom is -0.493 e. The van der Waals surface area contributed by atoms with Gasteiger partial charge in [0.2, 0.25) is 0 Å². The largest absolute Gasteiger partial charge is 0.493 e. The summed E-state index contributed by atoms with van der Waals surface area (Å²) in [4.78, 5) is 4.78. The fraction of sp³-hybridized carbons (Fsp3) is 0.583. The zero-order valence-corrected chi connectivity index (χ0v) is 20.5. The Morgan fingerprint density at radius 3 is 2.62 bits per heavy atom. The van der Waals surface area contributed by atoms with Crippen molar-refractivity contribution in [3.8, 4) is 11.5 Å². The highest BCUT2D eigenvalue weighted by atomic mass is 16.5. The van der Waals surface area contributed by atoms with E-state index in [0.29, 0.717) is 19.8 Å². The fourth-order valence-corrected chi connectivity index (χ4v) is 3.50. The van der Waals surface area contributed by atoms with Crippen molar-refractivity contribution in [1.29, 1.82) is 0 Å². The minimum atomic E-state index is 0.593. The van der Waals surface area contributed by atoms with Gasteiger partial charge in [0.25, 0.3) is 0 Å². The Hall–Kier alpha value is -2.74. The van der Waals surface area contributed by atoms with Crippen LogP contribution in [0.1, 0.15) is 42.8 Å². The molecule has 0 saturated heterocycles. The standard InChI is InChI=1S/C24H39N5O3/c1-7-25-24(27-17-21-18(3)28-29(19(21)4)14-15-30-5)26-13-9-10-20-11-12-22(31-6)23(16-20)32-8-2/h11-12,16H,7-10,13-15,17H2,1-6H3,(H2,25,26,27). The number of nitrogens with one attached hydrogen (secondary N) is 2. The normalized spacial score (nSPS) is 11.5. The zero-order valence-electron chi connectivity index (χ0n) is 20.5. The van der Waals surface area contributed by atoms with Crippen molar-refractivity contribution < 1.29 is 14.2 Å². The first-order chi connectivity index (χ1) is 15.5. The van der Waals surface area contributed by atoms with E-state index in [9.17, 15) is 0 Å². The van der Waals surface area contributed by atoms with Gasteiger partial charge in [0.05, 0.1) is 39.1 Å². The zero-order chi connectivity index (χ0) is 23.3. The molecule has 178 valence electrons. The van der Waals surface area contributed by atoms with E-state index >= 15 is 0 Å². The number of hydrogen-bond donors (Lipinski definition) is 2. The Morgan fingerprint density at radius 2 is 1.94 bits per heavy atom. The molecule has 32 heavy (non-hydrogen) atoms. The number of benzene rings is 1. The Bertz CT molecular complexity index is 864. The molecule has 0 fully saturated rings. The van der Waals surface area contributed by atoms with Gasteiger partial charge in [-0.05, 0) is 58.2 Å². The van der Waals surface area contributed by atoms with Crippen LogP contribution in [0.4, 0.5) is 0 Å². The lowest BCUT2D eigenvalue weighted by Gasteiger charge is -2.13. The lowest BCUT2D eigenvalue weighted by molar-refractivity contribution is 0.182. The molecule has 0 unspecified atom stereocenters. The number of ether oxygens (including phenoxy) is 3. The Labute approximate surface area is 192 Å². The third kappa shape index (κ3) is 7.44. The lowest BCUT2D eigenvalue weighted by Crippen LogP contribution is -2.37. The maximum atomic E-state index is 5.68. The molecule has 2 aromatic rings. The summed E-state index contributed by atoms with van der Waals surface area (Å²) in [5.74, 6) is 2.39. The average Bonchev–Trinajstić information content (AvgIpc) is 3.06. The van der Waals surface area contributed by atoms with Gasteiger partial charge in [-0.15, -0.1) is 0 Å². The second-order valence-corrected chi connectivity index (χ2v) is 7.51. The summed E-state index contributed by atoms with van der Waals surface area (Å²) in [6.07, 6.45) is 1.93. The van der Waals surface area contributed by atoms with Gasteiger partial charge in [-0.25, -0.2) is 4.99 Å². The molecular formula is C24H39N5O3. The Balaban J connectivity index is 1.92. The van der Waals surface area contributed by atoms with E-state index in [1.165, 1.54) is 11.1 Å². The predicted molar refractivity (Wildman–Crippen MR) is 129 cm³/mol. The summed E-state index contributed by atoms with van der Waals surface area (Å²) < 4.78 is 18.2. The van der Waals surface area contributed by atoms with Gasteiger partial charge in [0.1, 0.15) is 0 Å². The third-order valence-corrected chi connectivity index (χ3v) is 5.24. The maximum absolute atomic E-state index is 5.68. The molecule has 2 N–H and O–H groups in total. The minimum absolute atomic E-state index is 0.593. The van der Waals surface area contributed by atoms with Gasteiger partial charge in [0.15, 0.2) is 17.5 Å². The van der Waals surface area contributed by atoms with Crippen LogP contribution in [0.15, 0.2) is 23.2 Å². The highest BCUT2D eigenvalue weighted by Crippen LogP contribution is 2.28. The van der Waals surface area contributed by atoms with Crippen LogP contribution in [0.3, 0.4) is 0 Å². The number of aryl methyl sites for hydroxylation is 2. The molecule has 8 heteroatoms. The van der Waals surface area contributed by atoms with Crippen molar-refractivity contribution in [1.82, 2.24) is 20.4 Å². The molecular weight excluding hydrogens is 406 g/mol. The molecule has 0 aliphatic heterocycles. The average molecular weight is 446 g/mol. The first-order valence-corrected chi connectivity index (χ1v) is 11.4. The first kappa shape index (κ1) is 25.5. The van der Waals surface area contributed by atoms with Gasteiger partial charge in [0, 0.05) is 31.5 Å². The van der Waals surface area contributed by atoms with Crippen LogP contribution in [0.2, 0.25) is 0 Å². The van der Waals surface area contributed by atoms with Gasteiger partial charge < -0.3 is 24.8 Å². The SMILES string of the molecule is CCNC(=NCc1c(C)nn(CCOC)c1C)NCCCc1ccc(OC)c(OCC)c1. The molecule has 0 saturated carbocycles. The molecule has 0 atom stereocenters. The van der Waals surface area contributed by atoms with Gasteiger partial charge in [-0.1, -0.05) is 6.07 Å². The van der Waals surface area contributed by atoms with Crippen molar-refractivity contribution in [3.63, 3.8) is 0 Å².